The molecule has 0 N–H and O–H groups in total. The highest BCUT2D eigenvalue weighted by molar-refractivity contribution is 6.00. The highest BCUT2D eigenvalue weighted by Gasteiger charge is 2.18. The minimum atomic E-state index is -0.638. The Morgan fingerprint density at radius 2 is 1.85 bits per heavy atom. The Morgan fingerprint density at radius 1 is 1.08 bits per heavy atom. The monoisotopic (exact) mass is 351 g/mol. The predicted molar refractivity (Wildman–Crippen MR) is 97.4 cm³/mol. The van der Waals surface area contributed by atoms with Crippen molar-refractivity contribution in [1.29, 1.82) is 0 Å². The van der Waals surface area contributed by atoms with Gasteiger partial charge in [-0.25, -0.2) is 4.79 Å². The van der Waals surface area contributed by atoms with Crippen LogP contribution in [-0.4, -0.2) is 22.9 Å². The number of hydrogen-bond acceptors (Lipinski definition) is 4. The number of Topliss-reactive ketones (excluding diaryl/α,β-unsaturated/α-hetero) is 1. The van der Waals surface area contributed by atoms with Gasteiger partial charge in [-0.2, -0.15) is 0 Å². The number of furan rings is 1. The van der Waals surface area contributed by atoms with Gasteiger partial charge in [0.2, 0.25) is 11.5 Å². The Balaban J connectivity index is 1.64. The fourth-order valence-electron chi connectivity index (χ4n) is 2.99. The minimum absolute atomic E-state index is 0.0890. The molecule has 0 saturated carbocycles. The molecule has 0 spiro atoms. The zero-order valence-corrected chi connectivity index (χ0v) is 14.9. The molecule has 5 heteroatoms. The van der Waals surface area contributed by atoms with Crippen LogP contribution in [0.4, 0.5) is 0 Å². The molecule has 1 aromatic carbocycles. The van der Waals surface area contributed by atoms with Crippen LogP contribution < -0.4 is 0 Å². The number of carbonyl (C=O) groups excluding carboxylic acids is 2. The molecule has 134 valence electrons. The highest BCUT2D eigenvalue weighted by atomic mass is 16.5. The summed E-state index contributed by atoms with van der Waals surface area (Å²) in [5.74, 6) is -0.767. The van der Waals surface area contributed by atoms with Crippen LogP contribution in [0.25, 0.3) is 0 Å². The van der Waals surface area contributed by atoms with E-state index in [1.807, 2.05) is 38.1 Å². The van der Waals surface area contributed by atoms with Crippen LogP contribution in [-0.2, 0) is 17.7 Å². The van der Waals surface area contributed by atoms with Crippen molar-refractivity contribution < 1.29 is 18.7 Å². The molecule has 5 nitrogen and oxygen atoms in total. The molecule has 0 bridgehead atoms. The van der Waals surface area contributed by atoms with Crippen LogP contribution in [0.5, 0.6) is 0 Å². The van der Waals surface area contributed by atoms with Gasteiger partial charge in [0.15, 0.2) is 6.61 Å². The maximum absolute atomic E-state index is 12.5. The smallest absolute Gasteiger partial charge is 0.374 e. The van der Waals surface area contributed by atoms with Gasteiger partial charge in [0.1, 0.15) is 0 Å². The number of aromatic nitrogens is 1. The van der Waals surface area contributed by atoms with Gasteiger partial charge >= 0.3 is 5.97 Å². The van der Waals surface area contributed by atoms with Crippen molar-refractivity contribution in [3.63, 3.8) is 0 Å². The number of benzene rings is 1. The molecule has 26 heavy (non-hydrogen) atoms. The Morgan fingerprint density at radius 3 is 2.54 bits per heavy atom. The van der Waals surface area contributed by atoms with E-state index in [0.29, 0.717) is 5.56 Å². The lowest BCUT2D eigenvalue weighted by molar-refractivity contribution is 0.0444. The van der Waals surface area contributed by atoms with Crippen molar-refractivity contribution in [3.05, 3.63) is 83.1 Å². The van der Waals surface area contributed by atoms with Crippen molar-refractivity contribution in [1.82, 2.24) is 4.57 Å². The molecule has 0 radical (unpaired) electrons. The number of nitrogens with zero attached hydrogens (tertiary/aromatic N) is 1. The molecule has 0 atom stereocenters. The molecule has 0 aliphatic carbocycles. The van der Waals surface area contributed by atoms with E-state index in [9.17, 15) is 9.59 Å². The summed E-state index contributed by atoms with van der Waals surface area (Å²) in [5.41, 5.74) is 3.74. The summed E-state index contributed by atoms with van der Waals surface area (Å²) in [7, 11) is 0. The van der Waals surface area contributed by atoms with Crippen molar-refractivity contribution in [3.8, 4) is 0 Å². The first kappa shape index (κ1) is 17.7. The molecule has 3 rings (SSSR count). The lowest BCUT2D eigenvalue weighted by Gasteiger charge is -2.10. The van der Waals surface area contributed by atoms with E-state index in [2.05, 4.69) is 16.7 Å². The Kier molecular flexibility index (Phi) is 5.37. The third-order valence-electron chi connectivity index (χ3n) is 4.40. The van der Waals surface area contributed by atoms with Gasteiger partial charge in [-0.05, 0) is 44.0 Å². The maximum atomic E-state index is 12.5. The number of rotatable bonds is 7. The molecule has 2 heterocycles. The van der Waals surface area contributed by atoms with Crippen molar-refractivity contribution >= 4 is 11.8 Å². The van der Waals surface area contributed by atoms with Gasteiger partial charge in [0, 0.05) is 23.5 Å². The van der Waals surface area contributed by atoms with Gasteiger partial charge in [-0.15, -0.1) is 0 Å². The Hall–Kier alpha value is -3.08. The minimum Gasteiger partial charge on any atom is -0.457 e. The summed E-state index contributed by atoms with van der Waals surface area (Å²) < 4.78 is 12.1. The van der Waals surface area contributed by atoms with Gasteiger partial charge in [-0.3, -0.25) is 4.79 Å². The molecule has 0 fully saturated rings. The average molecular weight is 351 g/mol. The van der Waals surface area contributed by atoms with E-state index in [-0.39, 0.29) is 18.2 Å². The van der Waals surface area contributed by atoms with Crippen LogP contribution in [0.15, 0.2) is 59.2 Å². The number of carbonyl (C=O) groups is 2. The molecule has 2 aromatic heterocycles. The van der Waals surface area contributed by atoms with E-state index in [1.165, 1.54) is 17.9 Å². The van der Waals surface area contributed by atoms with E-state index in [1.54, 1.807) is 6.07 Å². The van der Waals surface area contributed by atoms with Gasteiger partial charge < -0.3 is 13.7 Å². The Bertz CT molecular complexity index is 892. The summed E-state index contributed by atoms with van der Waals surface area (Å²) in [4.78, 5) is 24.2. The summed E-state index contributed by atoms with van der Waals surface area (Å²) in [6.07, 6.45) is 2.27. The lowest BCUT2D eigenvalue weighted by atomic mass is 10.1. The summed E-state index contributed by atoms with van der Waals surface area (Å²) >= 11 is 0. The van der Waals surface area contributed by atoms with E-state index >= 15 is 0 Å². The van der Waals surface area contributed by atoms with E-state index < -0.39 is 5.97 Å². The number of esters is 1. The lowest BCUT2D eigenvalue weighted by Crippen LogP contribution is -2.15. The molecular weight excluding hydrogens is 330 g/mol. The maximum Gasteiger partial charge on any atom is 0.374 e. The molecule has 0 aliphatic rings. The Labute approximate surface area is 152 Å². The van der Waals surface area contributed by atoms with Gasteiger partial charge in [0.25, 0.3) is 0 Å². The van der Waals surface area contributed by atoms with E-state index in [4.69, 9.17) is 9.15 Å². The summed E-state index contributed by atoms with van der Waals surface area (Å²) in [5, 5.41) is 0. The van der Waals surface area contributed by atoms with Crippen LogP contribution in [0.2, 0.25) is 0 Å². The second-order valence-corrected chi connectivity index (χ2v) is 6.15. The molecule has 3 aromatic rings. The largest absolute Gasteiger partial charge is 0.457 e. The highest BCUT2D eigenvalue weighted by Crippen LogP contribution is 2.17. The fourth-order valence-corrected chi connectivity index (χ4v) is 2.99. The van der Waals surface area contributed by atoms with Crippen molar-refractivity contribution in [2.75, 3.05) is 6.61 Å². The second kappa shape index (κ2) is 7.87. The number of aryl methyl sites for hydroxylation is 2. The fraction of sp³-hybridized carbons (Fsp3) is 0.238. The predicted octanol–water partition coefficient (Wildman–Crippen LogP) is 3.98. The normalized spacial score (nSPS) is 10.7. The third-order valence-corrected chi connectivity index (χ3v) is 4.40. The van der Waals surface area contributed by atoms with Crippen LogP contribution >= 0.6 is 0 Å². The van der Waals surface area contributed by atoms with Gasteiger partial charge in [-0.1, -0.05) is 30.3 Å². The molecule has 0 unspecified atom stereocenters. The van der Waals surface area contributed by atoms with Crippen molar-refractivity contribution in [2.45, 2.75) is 26.8 Å². The summed E-state index contributed by atoms with van der Waals surface area (Å²) in [6, 6.07) is 15.2. The standard InChI is InChI=1S/C21H21NO4/c1-15-13-18(19(23)14-26-21(24)20-9-6-12-25-20)16(2)22(15)11-10-17-7-4-3-5-8-17/h3-9,12-13H,10-11,14H2,1-2H3. The topological polar surface area (TPSA) is 61.4 Å². The van der Waals surface area contributed by atoms with Gasteiger partial charge in [0.05, 0.1) is 6.26 Å². The van der Waals surface area contributed by atoms with Crippen molar-refractivity contribution in [2.24, 2.45) is 0 Å². The molecule has 0 saturated heterocycles. The zero-order valence-electron chi connectivity index (χ0n) is 14.9. The molecule has 0 amide bonds. The van der Waals surface area contributed by atoms with Crippen LogP contribution in [0.3, 0.4) is 0 Å². The average Bonchev–Trinajstić information content (AvgIpc) is 3.28. The second-order valence-electron chi connectivity index (χ2n) is 6.15. The first-order valence-corrected chi connectivity index (χ1v) is 8.50. The van der Waals surface area contributed by atoms with Crippen LogP contribution in [0, 0.1) is 13.8 Å². The number of ketones is 1. The number of hydrogen-bond donors (Lipinski definition) is 0. The SMILES string of the molecule is Cc1cc(C(=O)COC(=O)c2ccco2)c(C)n1CCc1ccccc1. The number of ether oxygens (including phenoxy) is 1. The quantitative estimate of drug-likeness (QED) is 0.477. The molecule has 0 aliphatic heterocycles. The first-order chi connectivity index (χ1) is 12.6. The zero-order chi connectivity index (χ0) is 18.5. The first-order valence-electron chi connectivity index (χ1n) is 8.50. The van der Waals surface area contributed by atoms with Crippen LogP contribution in [0.1, 0.15) is 37.9 Å². The third kappa shape index (κ3) is 3.94. The summed E-state index contributed by atoms with van der Waals surface area (Å²) in [6.45, 7) is 4.38. The molecular formula is C21H21NO4. The van der Waals surface area contributed by atoms with E-state index in [0.717, 1.165) is 24.4 Å².